The molecule has 0 aromatic carbocycles. The van der Waals surface area contributed by atoms with E-state index in [0.29, 0.717) is 12.0 Å². The fraction of sp³-hybridized carbons (Fsp3) is 0.941. The van der Waals surface area contributed by atoms with Gasteiger partial charge in [0, 0.05) is 19.1 Å². The van der Waals surface area contributed by atoms with Crippen LogP contribution < -0.4 is 11.1 Å². The summed E-state index contributed by atoms with van der Waals surface area (Å²) in [6.45, 7) is 2.31. The molecule has 0 unspecified atom stereocenters. The number of hydrogen-bond acceptors (Lipinski definition) is 3. The lowest BCUT2D eigenvalue weighted by Gasteiger charge is -2.26. The maximum Gasteiger partial charge on any atom is 0.223 e. The number of ether oxygens (including phenoxy) is 1. The van der Waals surface area contributed by atoms with E-state index in [-0.39, 0.29) is 11.8 Å². The molecule has 0 saturated heterocycles. The van der Waals surface area contributed by atoms with Gasteiger partial charge in [-0.05, 0) is 57.4 Å². The highest BCUT2D eigenvalue weighted by Gasteiger charge is 2.25. The Morgan fingerprint density at radius 3 is 2.43 bits per heavy atom. The molecule has 2 aliphatic rings. The topological polar surface area (TPSA) is 64.4 Å². The fourth-order valence-electron chi connectivity index (χ4n) is 3.57. The lowest BCUT2D eigenvalue weighted by molar-refractivity contribution is -0.126. The van der Waals surface area contributed by atoms with Crippen LogP contribution in [0.25, 0.3) is 0 Å². The Balaban J connectivity index is 1.49. The third kappa shape index (κ3) is 5.95. The Labute approximate surface area is 129 Å². The highest BCUT2D eigenvalue weighted by atomic mass is 16.5. The van der Waals surface area contributed by atoms with Gasteiger partial charge in [-0.25, -0.2) is 0 Å². The minimum Gasteiger partial charge on any atom is -0.378 e. The SMILES string of the molecule is NCC1CCC(C(=O)NCCCOC2CCCCC2)CC1. The van der Waals surface area contributed by atoms with Crippen LogP contribution in [0, 0.1) is 11.8 Å². The standard InChI is InChI=1S/C17H32N2O2/c18-13-14-7-9-15(10-8-14)17(20)19-11-4-12-21-16-5-2-1-3-6-16/h14-16H,1-13,18H2,(H,19,20). The molecule has 0 aliphatic heterocycles. The number of carbonyl (C=O) groups excluding carboxylic acids is 1. The van der Waals surface area contributed by atoms with Crippen molar-refractivity contribution in [3.05, 3.63) is 0 Å². The Bertz CT molecular complexity index is 295. The lowest BCUT2D eigenvalue weighted by atomic mass is 9.81. The monoisotopic (exact) mass is 296 g/mol. The van der Waals surface area contributed by atoms with Gasteiger partial charge in [0.15, 0.2) is 0 Å². The zero-order chi connectivity index (χ0) is 14.9. The van der Waals surface area contributed by atoms with Gasteiger partial charge >= 0.3 is 0 Å². The van der Waals surface area contributed by atoms with E-state index in [1.54, 1.807) is 0 Å². The average molecular weight is 296 g/mol. The van der Waals surface area contributed by atoms with Gasteiger partial charge in [0.2, 0.25) is 5.91 Å². The van der Waals surface area contributed by atoms with Crippen molar-refractivity contribution >= 4 is 5.91 Å². The summed E-state index contributed by atoms with van der Waals surface area (Å²) in [7, 11) is 0. The highest BCUT2D eigenvalue weighted by molar-refractivity contribution is 5.78. The van der Waals surface area contributed by atoms with Gasteiger partial charge in [0.25, 0.3) is 0 Å². The number of amides is 1. The molecule has 0 radical (unpaired) electrons. The van der Waals surface area contributed by atoms with Crippen LogP contribution in [0.2, 0.25) is 0 Å². The largest absolute Gasteiger partial charge is 0.378 e. The van der Waals surface area contributed by atoms with Crippen molar-refractivity contribution < 1.29 is 9.53 Å². The summed E-state index contributed by atoms with van der Waals surface area (Å²) in [5, 5.41) is 3.07. The Morgan fingerprint density at radius 2 is 1.76 bits per heavy atom. The molecule has 21 heavy (non-hydrogen) atoms. The first kappa shape index (κ1) is 16.8. The third-order valence-electron chi connectivity index (χ3n) is 5.08. The summed E-state index contributed by atoms with van der Waals surface area (Å²) < 4.78 is 5.87. The molecular weight excluding hydrogens is 264 g/mol. The Hall–Kier alpha value is -0.610. The van der Waals surface area contributed by atoms with Crippen LogP contribution in [-0.2, 0) is 9.53 Å². The predicted octanol–water partition coefficient (Wildman–Crippen LogP) is 2.61. The van der Waals surface area contributed by atoms with E-state index >= 15 is 0 Å². The Morgan fingerprint density at radius 1 is 1.05 bits per heavy atom. The maximum atomic E-state index is 12.1. The minimum atomic E-state index is 0.215. The van der Waals surface area contributed by atoms with Crippen molar-refractivity contribution in [3.63, 3.8) is 0 Å². The summed E-state index contributed by atoms with van der Waals surface area (Å²) in [6, 6.07) is 0. The van der Waals surface area contributed by atoms with E-state index in [1.807, 2.05) is 0 Å². The zero-order valence-corrected chi connectivity index (χ0v) is 13.3. The van der Waals surface area contributed by atoms with Gasteiger partial charge in [-0.15, -0.1) is 0 Å². The second kappa shape index (κ2) is 9.42. The van der Waals surface area contributed by atoms with E-state index in [0.717, 1.165) is 51.8 Å². The molecule has 2 saturated carbocycles. The van der Waals surface area contributed by atoms with Crippen molar-refractivity contribution in [3.8, 4) is 0 Å². The normalized spacial score (nSPS) is 27.5. The van der Waals surface area contributed by atoms with Crippen LogP contribution in [0.5, 0.6) is 0 Å². The fourth-order valence-corrected chi connectivity index (χ4v) is 3.57. The number of rotatable bonds is 7. The number of nitrogens with two attached hydrogens (primary N) is 1. The number of hydrogen-bond donors (Lipinski definition) is 2. The second-order valence-electron chi connectivity index (χ2n) is 6.73. The van der Waals surface area contributed by atoms with Crippen LogP contribution in [0.1, 0.15) is 64.2 Å². The quantitative estimate of drug-likeness (QED) is 0.710. The van der Waals surface area contributed by atoms with Crippen LogP contribution in [0.3, 0.4) is 0 Å². The van der Waals surface area contributed by atoms with E-state index < -0.39 is 0 Å². The van der Waals surface area contributed by atoms with Crippen LogP contribution in [0.4, 0.5) is 0 Å². The summed E-state index contributed by atoms with van der Waals surface area (Å²) in [5.74, 6) is 1.09. The van der Waals surface area contributed by atoms with Gasteiger partial charge < -0.3 is 15.8 Å². The first-order valence-corrected chi connectivity index (χ1v) is 8.89. The molecular formula is C17H32N2O2. The molecule has 3 N–H and O–H groups in total. The first-order valence-electron chi connectivity index (χ1n) is 8.89. The van der Waals surface area contributed by atoms with Crippen molar-refractivity contribution in [2.24, 2.45) is 17.6 Å². The average Bonchev–Trinajstić information content (AvgIpc) is 2.55. The number of carbonyl (C=O) groups is 1. The van der Waals surface area contributed by atoms with E-state index in [9.17, 15) is 4.79 Å². The minimum absolute atomic E-state index is 0.215. The molecule has 4 nitrogen and oxygen atoms in total. The summed E-state index contributed by atoms with van der Waals surface area (Å²) in [6.07, 6.45) is 12.1. The van der Waals surface area contributed by atoms with E-state index in [1.165, 1.54) is 32.1 Å². The van der Waals surface area contributed by atoms with Crippen molar-refractivity contribution in [1.29, 1.82) is 0 Å². The summed E-state index contributed by atoms with van der Waals surface area (Å²) >= 11 is 0. The predicted molar refractivity (Wildman–Crippen MR) is 85.0 cm³/mol. The third-order valence-corrected chi connectivity index (χ3v) is 5.08. The van der Waals surface area contributed by atoms with Crippen LogP contribution in [-0.4, -0.2) is 31.7 Å². The smallest absolute Gasteiger partial charge is 0.223 e. The maximum absolute atomic E-state index is 12.1. The lowest BCUT2D eigenvalue weighted by Crippen LogP contribution is -2.35. The molecule has 2 rings (SSSR count). The Kier molecular flexibility index (Phi) is 7.51. The first-order chi connectivity index (χ1) is 10.3. The van der Waals surface area contributed by atoms with Crippen LogP contribution in [0.15, 0.2) is 0 Å². The van der Waals surface area contributed by atoms with E-state index in [4.69, 9.17) is 10.5 Å². The molecule has 1 amide bonds. The van der Waals surface area contributed by atoms with Gasteiger partial charge in [0.05, 0.1) is 6.10 Å². The summed E-state index contributed by atoms with van der Waals surface area (Å²) in [4.78, 5) is 12.1. The molecule has 2 aliphatic carbocycles. The van der Waals surface area contributed by atoms with Gasteiger partial charge in [-0.2, -0.15) is 0 Å². The summed E-state index contributed by atoms with van der Waals surface area (Å²) in [5.41, 5.74) is 5.69. The van der Waals surface area contributed by atoms with Gasteiger partial charge in [0.1, 0.15) is 0 Å². The van der Waals surface area contributed by atoms with Crippen molar-refractivity contribution in [2.75, 3.05) is 19.7 Å². The molecule has 0 heterocycles. The van der Waals surface area contributed by atoms with Gasteiger partial charge in [-0.3, -0.25) is 4.79 Å². The molecule has 0 spiro atoms. The molecule has 0 aromatic heterocycles. The van der Waals surface area contributed by atoms with E-state index in [2.05, 4.69) is 5.32 Å². The van der Waals surface area contributed by atoms with Crippen molar-refractivity contribution in [2.45, 2.75) is 70.3 Å². The second-order valence-corrected chi connectivity index (χ2v) is 6.73. The molecule has 0 atom stereocenters. The molecule has 122 valence electrons. The molecule has 2 fully saturated rings. The zero-order valence-electron chi connectivity index (χ0n) is 13.3. The van der Waals surface area contributed by atoms with Crippen LogP contribution >= 0.6 is 0 Å². The highest BCUT2D eigenvalue weighted by Crippen LogP contribution is 2.28. The molecule has 0 bridgehead atoms. The molecule has 0 aromatic rings. The van der Waals surface area contributed by atoms with Crippen molar-refractivity contribution in [1.82, 2.24) is 5.32 Å². The van der Waals surface area contributed by atoms with Gasteiger partial charge in [-0.1, -0.05) is 19.3 Å². The number of nitrogens with one attached hydrogen (secondary N) is 1. The molecule has 4 heteroatoms.